The maximum atomic E-state index is 13.4. The number of carboxylic acid groups (broad SMARTS) is 1. The van der Waals surface area contributed by atoms with Crippen molar-refractivity contribution in [2.24, 2.45) is 5.92 Å². The maximum Gasteiger partial charge on any atom is 0.410 e. The van der Waals surface area contributed by atoms with Crippen LogP contribution < -0.4 is 10.6 Å². The van der Waals surface area contributed by atoms with Crippen LogP contribution in [0.25, 0.3) is 11.1 Å². The third-order valence-corrected chi connectivity index (χ3v) is 7.46. The van der Waals surface area contributed by atoms with E-state index < -0.39 is 41.9 Å². The van der Waals surface area contributed by atoms with Gasteiger partial charge in [-0.2, -0.15) is 0 Å². The lowest BCUT2D eigenvalue weighted by Gasteiger charge is -2.33. The van der Waals surface area contributed by atoms with Crippen molar-refractivity contribution < 1.29 is 33.8 Å². The molecule has 11 heteroatoms. The summed E-state index contributed by atoms with van der Waals surface area (Å²) >= 11 is 0. The average molecular weight is 581 g/mol. The van der Waals surface area contributed by atoms with Crippen LogP contribution in [0, 0.1) is 5.92 Å². The van der Waals surface area contributed by atoms with E-state index in [9.17, 15) is 24.0 Å². The number of hydrogen-bond acceptors (Lipinski definition) is 6. The molecule has 226 valence electrons. The van der Waals surface area contributed by atoms with E-state index in [1.54, 1.807) is 6.92 Å². The molecule has 1 aliphatic carbocycles. The number of benzene rings is 2. The molecular formula is C31H40N4O7. The van der Waals surface area contributed by atoms with E-state index in [1.807, 2.05) is 62.4 Å². The number of aliphatic carboxylic acids is 1. The molecular weight excluding hydrogens is 540 g/mol. The van der Waals surface area contributed by atoms with Crippen LogP contribution in [0.4, 0.5) is 4.79 Å². The van der Waals surface area contributed by atoms with Crippen molar-refractivity contribution in [1.29, 1.82) is 0 Å². The Balaban J connectivity index is 1.60. The van der Waals surface area contributed by atoms with Crippen molar-refractivity contribution >= 4 is 29.8 Å². The first kappa shape index (κ1) is 32.1. The fourth-order valence-corrected chi connectivity index (χ4v) is 5.01. The molecule has 3 N–H and O–H groups in total. The molecule has 1 aliphatic rings. The van der Waals surface area contributed by atoms with E-state index in [1.165, 1.54) is 23.9 Å². The maximum absolute atomic E-state index is 13.4. The van der Waals surface area contributed by atoms with Crippen LogP contribution >= 0.6 is 0 Å². The minimum Gasteiger partial charge on any atom is -0.481 e. The lowest BCUT2D eigenvalue weighted by atomic mass is 9.98. The second kappa shape index (κ2) is 14.5. The SMILES string of the molecule is CC(C)C[C@@H](C(=O)NCC(=O)NCCC(=O)O)N(C)C(=O)[C@H](C)N(C)C(=O)OCC1c2ccccc2-c2ccccc21. The zero-order valence-corrected chi connectivity index (χ0v) is 24.8. The Hall–Kier alpha value is -4.41. The van der Waals surface area contributed by atoms with Gasteiger partial charge in [0.2, 0.25) is 17.7 Å². The monoisotopic (exact) mass is 580 g/mol. The molecule has 0 fully saturated rings. The lowest BCUT2D eigenvalue weighted by molar-refractivity contribution is -0.142. The second-order valence-corrected chi connectivity index (χ2v) is 10.9. The molecule has 3 rings (SSSR count). The molecule has 0 aliphatic heterocycles. The van der Waals surface area contributed by atoms with Gasteiger partial charge in [0.15, 0.2) is 0 Å². The zero-order chi connectivity index (χ0) is 31.0. The topological polar surface area (TPSA) is 145 Å². The van der Waals surface area contributed by atoms with Gasteiger partial charge in [-0.1, -0.05) is 62.4 Å². The number of nitrogens with one attached hydrogen (secondary N) is 2. The quantitative estimate of drug-likeness (QED) is 0.330. The Bertz CT molecular complexity index is 1270. The van der Waals surface area contributed by atoms with E-state index >= 15 is 0 Å². The summed E-state index contributed by atoms with van der Waals surface area (Å²) < 4.78 is 5.69. The highest BCUT2D eigenvalue weighted by Gasteiger charge is 2.34. The highest BCUT2D eigenvalue weighted by atomic mass is 16.6. The van der Waals surface area contributed by atoms with Crippen molar-refractivity contribution in [1.82, 2.24) is 20.4 Å². The molecule has 11 nitrogen and oxygen atoms in total. The number of carbonyl (C=O) groups is 5. The van der Waals surface area contributed by atoms with E-state index in [0.717, 1.165) is 22.3 Å². The van der Waals surface area contributed by atoms with Crippen LogP contribution in [0.2, 0.25) is 0 Å². The molecule has 42 heavy (non-hydrogen) atoms. The van der Waals surface area contributed by atoms with E-state index in [-0.39, 0.29) is 38.0 Å². The molecule has 0 heterocycles. The highest BCUT2D eigenvalue weighted by Crippen LogP contribution is 2.44. The number of hydrogen-bond donors (Lipinski definition) is 3. The van der Waals surface area contributed by atoms with E-state index in [2.05, 4.69) is 10.6 Å². The minimum absolute atomic E-state index is 0.0514. The van der Waals surface area contributed by atoms with Crippen LogP contribution in [0.5, 0.6) is 0 Å². The summed E-state index contributed by atoms with van der Waals surface area (Å²) in [5.41, 5.74) is 4.38. The normalized spacial score (nSPS) is 13.4. The Kier molecular flexibility index (Phi) is 11.1. The molecule has 2 aromatic rings. The standard InChI is InChI=1S/C31H40N4O7/c1-19(2)16-26(29(39)33-17-27(36)32-15-14-28(37)38)35(5)30(40)20(3)34(4)31(41)42-18-25-23-12-8-6-10-21(23)22-11-7-9-13-24(22)25/h6-13,19-20,25-26H,14-18H2,1-5H3,(H,32,36)(H,33,39)(H,37,38)/t20-,26-/m0/s1. The zero-order valence-electron chi connectivity index (χ0n) is 24.8. The predicted molar refractivity (Wildman–Crippen MR) is 157 cm³/mol. The Labute approximate surface area is 246 Å². The van der Waals surface area contributed by atoms with Gasteiger partial charge in [-0.3, -0.25) is 24.1 Å². The number of nitrogens with zero attached hydrogens (tertiary/aromatic N) is 2. The first-order valence-electron chi connectivity index (χ1n) is 14.0. The molecule has 0 saturated heterocycles. The summed E-state index contributed by atoms with van der Waals surface area (Å²) in [6, 6.07) is 14.2. The first-order chi connectivity index (χ1) is 19.9. The Morgan fingerprint density at radius 1 is 0.881 bits per heavy atom. The molecule has 0 aromatic heterocycles. The largest absolute Gasteiger partial charge is 0.481 e. The van der Waals surface area contributed by atoms with Gasteiger partial charge in [0.25, 0.3) is 0 Å². The average Bonchev–Trinajstić information content (AvgIpc) is 3.29. The third kappa shape index (κ3) is 7.86. The van der Waals surface area contributed by atoms with Crippen LogP contribution in [-0.4, -0.2) is 90.6 Å². The molecule has 0 saturated carbocycles. The highest BCUT2D eigenvalue weighted by molar-refractivity contribution is 5.92. The van der Waals surface area contributed by atoms with Crippen molar-refractivity contribution in [3.8, 4) is 11.1 Å². The fraction of sp³-hybridized carbons (Fsp3) is 0.452. The van der Waals surface area contributed by atoms with Gasteiger partial charge < -0.3 is 25.4 Å². The predicted octanol–water partition coefficient (Wildman–Crippen LogP) is 2.84. The summed E-state index contributed by atoms with van der Waals surface area (Å²) in [6.45, 7) is 5.08. The summed E-state index contributed by atoms with van der Waals surface area (Å²) in [5.74, 6) is -2.64. The summed E-state index contributed by atoms with van der Waals surface area (Å²) in [7, 11) is 2.97. The molecule has 0 bridgehead atoms. The van der Waals surface area contributed by atoms with Crippen LogP contribution in [-0.2, 0) is 23.9 Å². The van der Waals surface area contributed by atoms with E-state index in [0.29, 0.717) is 6.42 Å². The van der Waals surface area contributed by atoms with Gasteiger partial charge in [0, 0.05) is 26.6 Å². The van der Waals surface area contributed by atoms with Gasteiger partial charge in [-0.15, -0.1) is 0 Å². The Morgan fingerprint density at radius 3 is 2.00 bits per heavy atom. The molecule has 0 unspecified atom stereocenters. The summed E-state index contributed by atoms with van der Waals surface area (Å²) in [6.07, 6.45) is -0.563. The second-order valence-electron chi connectivity index (χ2n) is 10.9. The summed E-state index contributed by atoms with van der Waals surface area (Å²) in [5, 5.41) is 13.6. The number of rotatable bonds is 13. The Morgan fingerprint density at radius 2 is 1.45 bits per heavy atom. The number of ether oxygens (including phenoxy) is 1. The number of carboxylic acids is 1. The molecule has 0 radical (unpaired) electrons. The minimum atomic E-state index is -1.05. The van der Waals surface area contributed by atoms with Crippen molar-refractivity contribution in [2.75, 3.05) is 33.8 Å². The summed E-state index contributed by atoms with van der Waals surface area (Å²) in [4.78, 5) is 64.6. The van der Waals surface area contributed by atoms with E-state index in [4.69, 9.17) is 9.84 Å². The van der Waals surface area contributed by atoms with Gasteiger partial charge in [-0.05, 0) is 41.5 Å². The third-order valence-electron chi connectivity index (χ3n) is 7.46. The molecule has 4 amide bonds. The van der Waals surface area contributed by atoms with Gasteiger partial charge in [0.1, 0.15) is 18.7 Å². The number of fused-ring (bicyclic) bond motifs is 3. The van der Waals surface area contributed by atoms with Crippen LogP contribution in [0.15, 0.2) is 48.5 Å². The van der Waals surface area contributed by atoms with Crippen LogP contribution in [0.1, 0.15) is 50.7 Å². The van der Waals surface area contributed by atoms with Crippen molar-refractivity contribution in [3.63, 3.8) is 0 Å². The number of carbonyl (C=O) groups excluding carboxylic acids is 4. The smallest absolute Gasteiger partial charge is 0.410 e. The first-order valence-corrected chi connectivity index (χ1v) is 14.0. The fourth-order valence-electron chi connectivity index (χ4n) is 5.01. The number of likely N-dealkylation sites (N-methyl/N-ethyl adjacent to an activating group) is 2. The van der Waals surface area contributed by atoms with Gasteiger partial charge in [-0.25, -0.2) is 4.79 Å². The van der Waals surface area contributed by atoms with Gasteiger partial charge in [0.05, 0.1) is 13.0 Å². The molecule has 2 atom stereocenters. The molecule has 2 aromatic carbocycles. The number of amides is 4. The molecule has 0 spiro atoms. The van der Waals surface area contributed by atoms with Gasteiger partial charge >= 0.3 is 12.1 Å². The van der Waals surface area contributed by atoms with Crippen molar-refractivity contribution in [3.05, 3.63) is 59.7 Å². The lowest BCUT2D eigenvalue weighted by Crippen LogP contribution is -2.55. The van der Waals surface area contributed by atoms with Crippen LogP contribution in [0.3, 0.4) is 0 Å². The van der Waals surface area contributed by atoms with Crippen molar-refractivity contribution in [2.45, 2.75) is 51.6 Å².